The Bertz CT molecular complexity index is 307. The Morgan fingerprint density at radius 3 is 2.62 bits per heavy atom. The number of rotatable bonds is 4. The molecule has 0 amide bonds. The highest BCUT2D eigenvalue weighted by Crippen LogP contribution is 2.23. The summed E-state index contributed by atoms with van der Waals surface area (Å²) in [6, 6.07) is 0. The van der Waals surface area contributed by atoms with Crippen LogP contribution in [0.15, 0.2) is 12.4 Å². The Morgan fingerprint density at radius 1 is 1.31 bits per heavy atom. The lowest BCUT2D eigenvalue weighted by atomic mass is 9.99. The molecule has 0 atom stereocenters. The first kappa shape index (κ1) is 11.5. The van der Waals surface area contributed by atoms with E-state index in [2.05, 4.69) is 22.2 Å². The lowest BCUT2D eigenvalue weighted by Gasteiger charge is -2.20. The Labute approximate surface area is 96.4 Å². The molecule has 0 aromatic carbocycles. The first-order chi connectivity index (χ1) is 7.90. The van der Waals surface area contributed by atoms with Gasteiger partial charge in [-0.3, -0.25) is 0 Å². The first-order valence-corrected chi connectivity index (χ1v) is 5.99. The molecular weight excluding hydrogens is 202 g/mol. The predicted molar refractivity (Wildman–Crippen MR) is 62.2 cm³/mol. The van der Waals surface area contributed by atoms with E-state index in [1.807, 2.05) is 12.4 Å². The summed E-state index contributed by atoms with van der Waals surface area (Å²) in [5.74, 6) is 1.46. The Balaban J connectivity index is 1.95. The van der Waals surface area contributed by atoms with E-state index in [0.29, 0.717) is 5.92 Å². The van der Waals surface area contributed by atoms with Crippen LogP contribution in [0.3, 0.4) is 0 Å². The Hall–Kier alpha value is -1.00. The third kappa shape index (κ3) is 3.00. The minimum atomic E-state index is 0.488. The highest BCUT2D eigenvalue weighted by molar-refractivity contribution is 5.07. The van der Waals surface area contributed by atoms with E-state index in [1.165, 1.54) is 0 Å². The van der Waals surface area contributed by atoms with Crippen LogP contribution in [0.5, 0.6) is 0 Å². The number of nitrogens with one attached hydrogen (secondary N) is 1. The molecule has 0 bridgehead atoms. The van der Waals surface area contributed by atoms with Crippen LogP contribution >= 0.6 is 0 Å². The van der Waals surface area contributed by atoms with Crippen LogP contribution in [0.2, 0.25) is 0 Å². The molecule has 1 saturated heterocycles. The van der Waals surface area contributed by atoms with Crippen molar-refractivity contribution < 1.29 is 4.74 Å². The molecule has 4 heteroatoms. The molecule has 4 nitrogen and oxygen atoms in total. The smallest absolute Gasteiger partial charge is 0.131 e. The van der Waals surface area contributed by atoms with Crippen LogP contribution in [0, 0.1) is 0 Å². The fourth-order valence-electron chi connectivity index (χ4n) is 1.89. The summed E-state index contributed by atoms with van der Waals surface area (Å²) in [5, 5.41) is 3.26. The highest BCUT2D eigenvalue weighted by atomic mass is 16.5. The lowest BCUT2D eigenvalue weighted by molar-refractivity contribution is 0.0835. The van der Waals surface area contributed by atoms with Gasteiger partial charge >= 0.3 is 0 Å². The maximum Gasteiger partial charge on any atom is 0.131 e. The second kappa shape index (κ2) is 5.92. The second-order valence-electron chi connectivity index (χ2n) is 4.12. The van der Waals surface area contributed by atoms with Crippen molar-refractivity contribution in [3.63, 3.8) is 0 Å². The molecule has 1 aliphatic heterocycles. The predicted octanol–water partition coefficient (Wildman–Crippen LogP) is 1.48. The zero-order valence-electron chi connectivity index (χ0n) is 9.78. The van der Waals surface area contributed by atoms with Gasteiger partial charge in [0, 0.05) is 43.6 Å². The zero-order valence-corrected chi connectivity index (χ0v) is 9.78. The van der Waals surface area contributed by atoms with Gasteiger partial charge in [-0.1, -0.05) is 6.92 Å². The number of aromatic nitrogens is 2. The molecule has 0 saturated carbocycles. The summed E-state index contributed by atoms with van der Waals surface area (Å²) in [7, 11) is 0. The standard InChI is InChI=1S/C12H19N3O/c1-2-13-7-10-8-14-12(15-9-10)11-3-5-16-6-4-11/h8-9,11,13H,2-7H2,1H3. The van der Waals surface area contributed by atoms with Crippen LogP contribution in [-0.2, 0) is 11.3 Å². The van der Waals surface area contributed by atoms with E-state index in [4.69, 9.17) is 4.74 Å². The van der Waals surface area contributed by atoms with E-state index in [1.54, 1.807) is 0 Å². The number of hydrogen-bond donors (Lipinski definition) is 1. The molecule has 0 unspecified atom stereocenters. The largest absolute Gasteiger partial charge is 0.381 e. The Morgan fingerprint density at radius 2 is 2.00 bits per heavy atom. The molecule has 1 fully saturated rings. The van der Waals surface area contributed by atoms with Crippen LogP contribution in [0.1, 0.15) is 37.1 Å². The van der Waals surface area contributed by atoms with Crippen LogP contribution in [0.25, 0.3) is 0 Å². The first-order valence-electron chi connectivity index (χ1n) is 5.99. The minimum absolute atomic E-state index is 0.488. The summed E-state index contributed by atoms with van der Waals surface area (Å²) in [6.07, 6.45) is 5.96. The fourth-order valence-corrected chi connectivity index (χ4v) is 1.89. The third-order valence-corrected chi connectivity index (χ3v) is 2.89. The monoisotopic (exact) mass is 221 g/mol. The van der Waals surface area contributed by atoms with Crippen molar-refractivity contribution in [2.45, 2.75) is 32.2 Å². The highest BCUT2D eigenvalue weighted by Gasteiger charge is 2.17. The summed E-state index contributed by atoms with van der Waals surface area (Å²) < 4.78 is 5.33. The van der Waals surface area contributed by atoms with Gasteiger partial charge in [0.15, 0.2) is 0 Å². The molecule has 88 valence electrons. The average molecular weight is 221 g/mol. The van der Waals surface area contributed by atoms with Crippen molar-refractivity contribution in [1.29, 1.82) is 0 Å². The van der Waals surface area contributed by atoms with E-state index in [9.17, 15) is 0 Å². The molecule has 16 heavy (non-hydrogen) atoms. The number of ether oxygens (including phenoxy) is 1. The summed E-state index contributed by atoms with van der Waals surface area (Å²) in [4.78, 5) is 8.90. The Kier molecular flexibility index (Phi) is 4.25. The van der Waals surface area contributed by atoms with Gasteiger partial charge in [0.25, 0.3) is 0 Å². The van der Waals surface area contributed by atoms with Crippen LogP contribution in [-0.4, -0.2) is 29.7 Å². The molecule has 0 spiro atoms. The van der Waals surface area contributed by atoms with E-state index in [-0.39, 0.29) is 0 Å². The molecule has 1 aromatic heterocycles. The van der Waals surface area contributed by atoms with Crippen molar-refractivity contribution in [1.82, 2.24) is 15.3 Å². The molecule has 2 heterocycles. The molecule has 0 radical (unpaired) electrons. The van der Waals surface area contributed by atoms with Gasteiger partial charge in [-0.05, 0) is 19.4 Å². The lowest BCUT2D eigenvalue weighted by Crippen LogP contribution is -2.17. The molecule has 2 rings (SSSR count). The van der Waals surface area contributed by atoms with Crippen molar-refractivity contribution in [2.24, 2.45) is 0 Å². The average Bonchev–Trinajstić information content (AvgIpc) is 2.38. The van der Waals surface area contributed by atoms with Crippen molar-refractivity contribution >= 4 is 0 Å². The van der Waals surface area contributed by atoms with Crippen LogP contribution in [0.4, 0.5) is 0 Å². The second-order valence-corrected chi connectivity index (χ2v) is 4.12. The summed E-state index contributed by atoms with van der Waals surface area (Å²) in [6.45, 7) is 5.60. The maximum absolute atomic E-state index is 5.33. The topological polar surface area (TPSA) is 47.0 Å². The van der Waals surface area contributed by atoms with Gasteiger partial charge in [0.1, 0.15) is 5.82 Å². The van der Waals surface area contributed by atoms with Gasteiger partial charge in [0.05, 0.1) is 0 Å². The SMILES string of the molecule is CCNCc1cnc(C2CCOCC2)nc1. The van der Waals surface area contributed by atoms with Gasteiger partial charge in [-0.15, -0.1) is 0 Å². The summed E-state index contributed by atoms with van der Waals surface area (Å²) >= 11 is 0. The van der Waals surface area contributed by atoms with E-state index >= 15 is 0 Å². The number of hydrogen-bond acceptors (Lipinski definition) is 4. The van der Waals surface area contributed by atoms with Crippen molar-refractivity contribution in [3.05, 3.63) is 23.8 Å². The normalized spacial score (nSPS) is 17.6. The van der Waals surface area contributed by atoms with Gasteiger partial charge in [-0.25, -0.2) is 9.97 Å². The molecular formula is C12H19N3O. The van der Waals surface area contributed by atoms with Crippen molar-refractivity contribution in [3.8, 4) is 0 Å². The van der Waals surface area contributed by atoms with E-state index < -0.39 is 0 Å². The van der Waals surface area contributed by atoms with Crippen LogP contribution < -0.4 is 5.32 Å². The van der Waals surface area contributed by atoms with Gasteiger partial charge in [0.2, 0.25) is 0 Å². The summed E-state index contributed by atoms with van der Waals surface area (Å²) in [5.41, 5.74) is 1.15. The molecule has 0 aliphatic carbocycles. The number of nitrogens with zero attached hydrogens (tertiary/aromatic N) is 2. The molecule has 1 aromatic rings. The fraction of sp³-hybridized carbons (Fsp3) is 0.667. The quantitative estimate of drug-likeness (QED) is 0.836. The zero-order chi connectivity index (χ0) is 11.2. The maximum atomic E-state index is 5.33. The van der Waals surface area contributed by atoms with Gasteiger partial charge in [-0.2, -0.15) is 0 Å². The van der Waals surface area contributed by atoms with Crippen molar-refractivity contribution in [2.75, 3.05) is 19.8 Å². The molecule has 1 N–H and O–H groups in total. The minimum Gasteiger partial charge on any atom is -0.381 e. The van der Waals surface area contributed by atoms with Gasteiger partial charge < -0.3 is 10.1 Å². The van der Waals surface area contributed by atoms with E-state index in [0.717, 1.165) is 50.5 Å². The molecule has 1 aliphatic rings. The third-order valence-electron chi connectivity index (χ3n) is 2.89.